The molecule has 0 aliphatic carbocycles. The maximum Gasteiger partial charge on any atom is 0.311 e. The number of rotatable bonds is 8. The number of halogens is 1. The highest BCUT2D eigenvalue weighted by atomic mass is 19.1. The molecule has 5 N–H and O–H groups in total. The summed E-state index contributed by atoms with van der Waals surface area (Å²) in [7, 11) is 0. The molecule has 0 unspecified atom stereocenters. The molecular weight excluding hydrogens is 389 g/mol. The number of nitro benzene ring substituents is 2. The van der Waals surface area contributed by atoms with Crippen molar-refractivity contribution in [3.8, 4) is 0 Å². The molecule has 2 rings (SSSR count). The summed E-state index contributed by atoms with van der Waals surface area (Å²) in [6, 6.07) is 1.08. The highest BCUT2D eigenvalue weighted by molar-refractivity contribution is 5.65. The Kier molecular flexibility index (Phi) is 7.11. The number of benzene rings is 1. The first-order valence-electron chi connectivity index (χ1n) is 7.95. The van der Waals surface area contributed by atoms with E-state index < -0.39 is 64.4 Å². The van der Waals surface area contributed by atoms with Gasteiger partial charge in [-0.2, -0.15) is 4.39 Å². The van der Waals surface area contributed by atoms with Crippen LogP contribution in [0.2, 0.25) is 0 Å². The number of ether oxygens (including phenoxy) is 2. The molecule has 1 fully saturated rings. The smallest absolute Gasteiger partial charge is 0.311 e. The average Bonchev–Trinajstić information content (AvgIpc) is 2.64. The minimum absolute atomic E-state index is 0.160. The van der Waals surface area contributed by atoms with Gasteiger partial charge >= 0.3 is 5.69 Å². The zero-order valence-electron chi connectivity index (χ0n) is 14.2. The molecule has 0 bridgehead atoms. The van der Waals surface area contributed by atoms with Gasteiger partial charge in [0.1, 0.15) is 30.1 Å². The van der Waals surface area contributed by atoms with Crippen molar-refractivity contribution in [2.24, 2.45) is 0 Å². The largest absolute Gasteiger partial charge is 0.394 e. The van der Waals surface area contributed by atoms with Crippen LogP contribution in [0.4, 0.5) is 21.5 Å². The maximum absolute atomic E-state index is 13.7. The van der Waals surface area contributed by atoms with E-state index in [1.54, 1.807) is 0 Å². The van der Waals surface area contributed by atoms with Gasteiger partial charge in [0.05, 0.1) is 29.1 Å². The van der Waals surface area contributed by atoms with E-state index in [0.29, 0.717) is 12.1 Å². The van der Waals surface area contributed by atoms with Crippen LogP contribution in [0.3, 0.4) is 0 Å². The van der Waals surface area contributed by atoms with Crippen molar-refractivity contribution < 1.29 is 44.1 Å². The summed E-state index contributed by atoms with van der Waals surface area (Å²) in [6.45, 7) is -1.05. The van der Waals surface area contributed by atoms with Gasteiger partial charge in [-0.1, -0.05) is 0 Å². The second-order valence-corrected chi connectivity index (χ2v) is 5.83. The lowest BCUT2D eigenvalue weighted by atomic mass is 9.99. The lowest BCUT2D eigenvalue weighted by Crippen LogP contribution is -2.59. The van der Waals surface area contributed by atoms with Crippen molar-refractivity contribution in [1.29, 1.82) is 0 Å². The predicted octanol–water partition coefficient (Wildman–Crippen LogP) is -1.13. The molecule has 1 aliphatic heterocycles. The highest BCUT2D eigenvalue weighted by Gasteiger charge is 2.43. The fourth-order valence-electron chi connectivity index (χ4n) is 2.55. The van der Waals surface area contributed by atoms with E-state index in [9.17, 15) is 39.9 Å². The van der Waals surface area contributed by atoms with Crippen molar-refractivity contribution >= 4 is 17.1 Å². The molecule has 1 aromatic carbocycles. The molecule has 1 saturated heterocycles. The first kappa shape index (κ1) is 21.8. The number of nitrogens with one attached hydrogen (secondary N) is 1. The van der Waals surface area contributed by atoms with Gasteiger partial charge in [0.2, 0.25) is 5.82 Å². The molecule has 14 heteroatoms. The number of nitrogens with zero attached hydrogens (tertiary/aromatic N) is 2. The number of nitro groups is 2. The third-order valence-electron chi connectivity index (χ3n) is 4.01. The number of anilines is 1. The lowest BCUT2D eigenvalue weighted by Gasteiger charge is -2.39. The van der Waals surface area contributed by atoms with Crippen LogP contribution >= 0.6 is 0 Å². The van der Waals surface area contributed by atoms with Crippen molar-refractivity contribution in [3.63, 3.8) is 0 Å². The van der Waals surface area contributed by atoms with Crippen molar-refractivity contribution in [3.05, 3.63) is 38.2 Å². The second kappa shape index (κ2) is 9.13. The van der Waals surface area contributed by atoms with Crippen molar-refractivity contribution in [1.82, 2.24) is 0 Å². The Morgan fingerprint density at radius 1 is 1.11 bits per heavy atom. The molecule has 1 heterocycles. The fourth-order valence-corrected chi connectivity index (χ4v) is 2.55. The zero-order chi connectivity index (χ0) is 21.0. The number of aliphatic hydroxyl groups excluding tert-OH is 4. The van der Waals surface area contributed by atoms with Crippen LogP contribution in [-0.2, 0) is 9.47 Å². The SMILES string of the molecule is O=[N+]([O-])c1cc([N+](=O)[O-])c(NCCO[C@H]2O[C@H](CO)[C@@H](O)[C@H](O)[C@@H]2O)cc1F. The first-order chi connectivity index (χ1) is 13.2. The van der Waals surface area contributed by atoms with E-state index in [4.69, 9.17) is 14.6 Å². The molecule has 156 valence electrons. The van der Waals surface area contributed by atoms with Crippen LogP contribution < -0.4 is 5.32 Å². The van der Waals surface area contributed by atoms with Gasteiger partial charge in [-0.05, 0) is 0 Å². The molecule has 28 heavy (non-hydrogen) atoms. The minimum atomic E-state index is -1.63. The molecule has 0 saturated carbocycles. The Balaban J connectivity index is 1.99. The molecule has 5 atom stereocenters. The van der Waals surface area contributed by atoms with Crippen LogP contribution in [-0.4, -0.2) is 80.7 Å². The van der Waals surface area contributed by atoms with Crippen molar-refractivity contribution in [2.45, 2.75) is 30.7 Å². The number of aliphatic hydroxyl groups is 4. The average molecular weight is 407 g/mol. The normalized spacial score (nSPS) is 27.4. The van der Waals surface area contributed by atoms with Gasteiger partial charge in [-0.25, -0.2) is 0 Å². The van der Waals surface area contributed by atoms with Gasteiger partial charge in [0.15, 0.2) is 6.29 Å². The summed E-state index contributed by atoms with van der Waals surface area (Å²) in [5.41, 5.74) is -2.10. The van der Waals surface area contributed by atoms with E-state index in [-0.39, 0.29) is 18.8 Å². The molecule has 1 aliphatic rings. The van der Waals surface area contributed by atoms with E-state index >= 15 is 0 Å². The zero-order valence-corrected chi connectivity index (χ0v) is 14.2. The summed E-state index contributed by atoms with van der Waals surface area (Å²) in [4.78, 5) is 19.7. The summed E-state index contributed by atoms with van der Waals surface area (Å²) >= 11 is 0. The van der Waals surface area contributed by atoms with Gasteiger partial charge in [-0.3, -0.25) is 20.2 Å². The van der Waals surface area contributed by atoms with Gasteiger partial charge < -0.3 is 35.2 Å². The van der Waals surface area contributed by atoms with E-state index in [2.05, 4.69) is 5.32 Å². The van der Waals surface area contributed by atoms with E-state index in [0.717, 1.165) is 0 Å². The summed E-state index contributed by atoms with van der Waals surface area (Å²) in [6.07, 6.45) is -7.37. The molecule has 0 aromatic heterocycles. The minimum Gasteiger partial charge on any atom is -0.394 e. The summed E-state index contributed by atoms with van der Waals surface area (Å²) in [5.74, 6) is -1.27. The van der Waals surface area contributed by atoms with Gasteiger partial charge in [-0.15, -0.1) is 0 Å². The Hall–Kier alpha value is -2.49. The summed E-state index contributed by atoms with van der Waals surface area (Å²) in [5, 5.41) is 62.4. The topological polar surface area (TPSA) is 198 Å². The van der Waals surface area contributed by atoms with Crippen LogP contribution in [0.5, 0.6) is 0 Å². The van der Waals surface area contributed by atoms with Crippen LogP contribution in [0, 0.1) is 26.0 Å². The molecule has 0 radical (unpaired) electrons. The summed E-state index contributed by atoms with van der Waals surface area (Å²) < 4.78 is 24.0. The van der Waals surface area contributed by atoms with Crippen molar-refractivity contribution in [2.75, 3.05) is 25.1 Å². The van der Waals surface area contributed by atoms with E-state index in [1.165, 1.54) is 0 Å². The van der Waals surface area contributed by atoms with Crippen LogP contribution in [0.15, 0.2) is 12.1 Å². The van der Waals surface area contributed by atoms with Gasteiger partial charge in [0, 0.05) is 12.6 Å². The molecule has 13 nitrogen and oxygen atoms in total. The lowest BCUT2D eigenvalue weighted by molar-refractivity contribution is -0.395. The van der Waals surface area contributed by atoms with Gasteiger partial charge in [0.25, 0.3) is 5.69 Å². The third-order valence-corrected chi connectivity index (χ3v) is 4.01. The Labute approximate surface area is 156 Å². The molecular formula is C14H18FN3O10. The number of hydrogen-bond acceptors (Lipinski definition) is 11. The number of hydrogen-bond donors (Lipinski definition) is 5. The Bertz CT molecular complexity index is 734. The quantitative estimate of drug-likeness (QED) is 0.198. The fraction of sp³-hybridized carbons (Fsp3) is 0.571. The highest BCUT2D eigenvalue weighted by Crippen LogP contribution is 2.31. The Morgan fingerprint density at radius 3 is 2.32 bits per heavy atom. The third kappa shape index (κ3) is 4.67. The first-order valence-corrected chi connectivity index (χ1v) is 7.95. The molecule has 1 aromatic rings. The standard InChI is InChI=1S/C14H18FN3O10/c15-6-3-7(9(18(25)26)4-8(6)17(23)24)16-1-2-27-14-13(22)12(21)11(20)10(5-19)28-14/h3-4,10-14,16,19-22H,1-2,5H2/t10-,11-,12+,13+,14+/m1/s1. The molecule has 0 amide bonds. The van der Waals surface area contributed by atoms with E-state index in [1.807, 2.05) is 0 Å². The van der Waals surface area contributed by atoms with Crippen LogP contribution in [0.1, 0.15) is 0 Å². The van der Waals surface area contributed by atoms with Crippen LogP contribution in [0.25, 0.3) is 0 Å². The predicted molar refractivity (Wildman–Crippen MR) is 87.9 cm³/mol. The molecule has 0 spiro atoms. The second-order valence-electron chi connectivity index (χ2n) is 5.83. The Morgan fingerprint density at radius 2 is 1.75 bits per heavy atom. The monoisotopic (exact) mass is 407 g/mol. The maximum atomic E-state index is 13.7.